The van der Waals surface area contributed by atoms with E-state index >= 15 is 0 Å². The summed E-state index contributed by atoms with van der Waals surface area (Å²) in [5.41, 5.74) is 2.40. The Balaban J connectivity index is 1.56. The monoisotopic (exact) mass is 359 g/mol. The van der Waals surface area contributed by atoms with Crippen LogP contribution < -0.4 is 10.6 Å². The van der Waals surface area contributed by atoms with Gasteiger partial charge in [-0.25, -0.2) is 9.78 Å². The Kier molecular flexibility index (Phi) is 4.98. The summed E-state index contributed by atoms with van der Waals surface area (Å²) in [5.74, 6) is 0.217. The molecule has 0 spiro atoms. The van der Waals surface area contributed by atoms with E-state index < -0.39 is 0 Å². The Hall–Kier alpha value is -2.57. The van der Waals surface area contributed by atoms with Gasteiger partial charge in [-0.1, -0.05) is 11.6 Å². The normalized spacial score (nSPS) is 10.4. The molecule has 1 heterocycles. The first-order valence-corrected chi connectivity index (χ1v) is 8.40. The molecule has 2 amide bonds. The lowest BCUT2D eigenvalue weighted by Gasteiger charge is -2.06. The van der Waals surface area contributed by atoms with Crippen LogP contribution in [0.1, 0.15) is 5.01 Å². The molecule has 0 aliphatic heterocycles. The number of amides is 2. The van der Waals surface area contributed by atoms with E-state index in [4.69, 9.17) is 11.6 Å². The van der Waals surface area contributed by atoms with Crippen molar-refractivity contribution in [3.63, 3.8) is 0 Å². The van der Waals surface area contributed by atoms with Gasteiger partial charge in [-0.3, -0.25) is 0 Å². The fourth-order valence-corrected chi connectivity index (χ4v) is 2.89. The van der Waals surface area contributed by atoms with Crippen molar-refractivity contribution in [3.8, 4) is 17.0 Å². The van der Waals surface area contributed by atoms with Crippen molar-refractivity contribution >= 4 is 34.7 Å². The van der Waals surface area contributed by atoms with E-state index in [0.29, 0.717) is 17.3 Å². The van der Waals surface area contributed by atoms with Crippen LogP contribution in [0.15, 0.2) is 53.9 Å². The lowest BCUT2D eigenvalue weighted by atomic mass is 10.2. The third-order valence-corrected chi connectivity index (χ3v) is 4.32. The average molecular weight is 360 g/mol. The van der Waals surface area contributed by atoms with E-state index in [2.05, 4.69) is 15.6 Å². The number of nitrogens with zero attached hydrogens (tertiary/aromatic N) is 1. The van der Waals surface area contributed by atoms with E-state index in [-0.39, 0.29) is 11.8 Å². The van der Waals surface area contributed by atoms with Gasteiger partial charge in [0.15, 0.2) is 0 Å². The van der Waals surface area contributed by atoms with Gasteiger partial charge in [0, 0.05) is 21.7 Å². The topological polar surface area (TPSA) is 74.2 Å². The van der Waals surface area contributed by atoms with Crippen molar-refractivity contribution in [2.24, 2.45) is 0 Å². The van der Waals surface area contributed by atoms with Crippen molar-refractivity contribution in [3.05, 3.63) is 63.9 Å². The second-order valence-electron chi connectivity index (χ2n) is 4.99. The lowest BCUT2D eigenvalue weighted by molar-refractivity contribution is 0.251. The highest BCUT2D eigenvalue weighted by Gasteiger charge is 2.07. The molecule has 122 valence electrons. The summed E-state index contributed by atoms with van der Waals surface area (Å²) in [6, 6.07) is 13.4. The molecule has 0 unspecified atom stereocenters. The van der Waals surface area contributed by atoms with Gasteiger partial charge in [-0.2, -0.15) is 0 Å². The fourth-order valence-electron chi connectivity index (χ4n) is 2.02. The molecule has 0 aliphatic rings. The molecule has 0 aliphatic carbocycles. The molecule has 3 N–H and O–H groups in total. The van der Waals surface area contributed by atoms with Crippen molar-refractivity contribution in [1.29, 1.82) is 0 Å². The third kappa shape index (κ3) is 4.24. The molecule has 24 heavy (non-hydrogen) atoms. The number of thiazole rings is 1. The maximum absolute atomic E-state index is 11.9. The molecular formula is C17H14ClN3O2S. The summed E-state index contributed by atoms with van der Waals surface area (Å²) in [6.45, 7) is 0.335. The molecule has 0 saturated heterocycles. The van der Waals surface area contributed by atoms with Gasteiger partial charge in [0.25, 0.3) is 0 Å². The highest BCUT2D eigenvalue weighted by molar-refractivity contribution is 7.09. The zero-order chi connectivity index (χ0) is 16.9. The number of phenolic OH excluding ortho intramolecular Hbond substituents is 1. The Labute approximate surface area is 147 Å². The van der Waals surface area contributed by atoms with Gasteiger partial charge in [-0.15, -0.1) is 11.3 Å². The van der Waals surface area contributed by atoms with E-state index in [1.165, 1.54) is 11.3 Å². The second kappa shape index (κ2) is 7.33. The SMILES string of the molecule is O=C(NCc1nc(-c2ccc(O)cc2)cs1)Nc1ccc(Cl)cc1. The number of aromatic hydroxyl groups is 1. The Morgan fingerprint density at radius 3 is 2.54 bits per heavy atom. The van der Waals surface area contributed by atoms with Crippen molar-refractivity contribution < 1.29 is 9.90 Å². The highest BCUT2D eigenvalue weighted by atomic mass is 35.5. The zero-order valence-corrected chi connectivity index (χ0v) is 14.1. The summed E-state index contributed by atoms with van der Waals surface area (Å²) >= 11 is 7.27. The Morgan fingerprint density at radius 1 is 1.12 bits per heavy atom. The number of aromatic nitrogens is 1. The first kappa shape index (κ1) is 16.3. The second-order valence-corrected chi connectivity index (χ2v) is 6.37. The number of nitrogens with one attached hydrogen (secondary N) is 2. The fraction of sp³-hybridized carbons (Fsp3) is 0.0588. The van der Waals surface area contributed by atoms with Crippen LogP contribution in [0.25, 0.3) is 11.3 Å². The van der Waals surface area contributed by atoms with Crippen LogP contribution >= 0.6 is 22.9 Å². The number of halogens is 1. The minimum absolute atomic E-state index is 0.217. The number of carbonyl (C=O) groups excluding carboxylic acids is 1. The molecule has 0 radical (unpaired) electrons. The molecule has 0 fully saturated rings. The smallest absolute Gasteiger partial charge is 0.319 e. The van der Waals surface area contributed by atoms with E-state index in [0.717, 1.165) is 16.3 Å². The summed E-state index contributed by atoms with van der Waals surface area (Å²) < 4.78 is 0. The van der Waals surface area contributed by atoms with Gasteiger partial charge in [0.2, 0.25) is 0 Å². The molecular weight excluding hydrogens is 346 g/mol. The maximum atomic E-state index is 11.9. The van der Waals surface area contributed by atoms with Gasteiger partial charge in [-0.05, 0) is 48.5 Å². The predicted octanol–water partition coefficient (Wildman–Crippen LogP) is 4.49. The van der Waals surface area contributed by atoms with Crippen molar-refractivity contribution in [2.75, 3.05) is 5.32 Å². The van der Waals surface area contributed by atoms with Crippen molar-refractivity contribution in [1.82, 2.24) is 10.3 Å². The zero-order valence-electron chi connectivity index (χ0n) is 12.5. The third-order valence-electron chi connectivity index (χ3n) is 3.22. The Bertz CT molecular complexity index is 832. The van der Waals surface area contributed by atoms with Gasteiger partial charge in [0.05, 0.1) is 12.2 Å². The van der Waals surface area contributed by atoms with Crippen LogP contribution in [-0.4, -0.2) is 16.1 Å². The number of hydrogen-bond donors (Lipinski definition) is 3. The number of anilines is 1. The van der Waals surface area contributed by atoms with Crippen molar-refractivity contribution in [2.45, 2.75) is 6.54 Å². The van der Waals surface area contributed by atoms with Crippen LogP contribution in [0, 0.1) is 0 Å². The van der Waals surface area contributed by atoms with Gasteiger partial charge >= 0.3 is 6.03 Å². The van der Waals surface area contributed by atoms with E-state index in [1.807, 2.05) is 5.38 Å². The quantitative estimate of drug-likeness (QED) is 0.642. The number of carbonyl (C=O) groups is 1. The molecule has 0 bridgehead atoms. The molecule has 0 atom stereocenters. The number of urea groups is 1. The van der Waals surface area contributed by atoms with E-state index in [1.54, 1.807) is 48.5 Å². The molecule has 7 heteroatoms. The molecule has 5 nitrogen and oxygen atoms in total. The minimum atomic E-state index is -0.307. The molecule has 2 aromatic carbocycles. The Morgan fingerprint density at radius 2 is 1.83 bits per heavy atom. The van der Waals surface area contributed by atoms with E-state index in [9.17, 15) is 9.90 Å². The molecule has 0 saturated carbocycles. The standard InChI is InChI=1S/C17H14ClN3O2S/c18-12-3-5-13(6-4-12)20-17(23)19-9-16-21-15(10-24-16)11-1-7-14(22)8-2-11/h1-8,10,22H,9H2,(H2,19,20,23). The van der Waals surface area contributed by atoms with Crippen LogP contribution in [0.5, 0.6) is 5.75 Å². The van der Waals surface area contributed by atoms with Crippen LogP contribution in [0.4, 0.5) is 10.5 Å². The highest BCUT2D eigenvalue weighted by Crippen LogP contribution is 2.23. The first-order valence-electron chi connectivity index (χ1n) is 7.14. The van der Waals surface area contributed by atoms with Crippen LogP contribution in [0.3, 0.4) is 0 Å². The number of rotatable bonds is 4. The van der Waals surface area contributed by atoms with Gasteiger partial charge < -0.3 is 15.7 Å². The summed E-state index contributed by atoms with van der Waals surface area (Å²) in [4.78, 5) is 16.4. The molecule has 3 aromatic rings. The predicted molar refractivity (Wildman–Crippen MR) is 96.5 cm³/mol. The number of benzene rings is 2. The van der Waals surface area contributed by atoms with Crippen LogP contribution in [-0.2, 0) is 6.54 Å². The summed E-state index contributed by atoms with van der Waals surface area (Å²) in [7, 11) is 0. The minimum Gasteiger partial charge on any atom is -0.508 e. The molecule has 1 aromatic heterocycles. The number of phenols is 1. The lowest BCUT2D eigenvalue weighted by Crippen LogP contribution is -2.28. The maximum Gasteiger partial charge on any atom is 0.319 e. The largest absolute Gasteiger partial charge is 0.508 e. The average Bonchev–Trinajstić information content (AvgIpc) is 3.05. The van der Waals surface area contributed by atoms with Crippen LogP contribution in [0.2, 0.25) is 5.02 Å². The summed E-state index contributed by atoms with van der Waals surface area (Å²) in [5, 5.41) is 18.1. The first-order chi connectivity index (χ1) is 11.6. The molecule has 3 rings (SSSR count). The number of hydrogen-bond acceptors (Lipinski definition) is 4. The van der Waals surface area contributed by atoms with Gasteiger partial charge in [0.1, 0.15) is 10.8 Å². The summed E-state index contributed by atoms with van der Waals surface area (Å²) in [6.07, 6.45) is 0.